The number of aliphatic hydroxyl groups excluding tert-OH is 1. The zero-order valence-electron chi connectivity index (χ0n) is 9.00. The summed E-state index contributed by atoms with van der Waals surface area (Å²) in [4.78, 5) is 0. The number of rotatable bonds is 2. The molecule has 0 radical (unpaired) electrons. The van der Waals surface area contributed by atoms with E-state index in [1.807, 2.05) is 0 Å². The molecule has 5 heteroatoms. The first kappa shape index (κ1) is 13.5. The van der Waals surface area contributed by atoms with Crippen molar-refractivity contribution < 1.29 is 13.9 Å². The zero-order valence-corrected chi connectivity index (χ0v) is 11.3. The molecular weight excluding hydrogens is 325 g/mol. The molecule has 0 aliphatic heterocycles. The van der Waals surface area contributed by atoms with Gasteiger partial charge in [0.2, 0.25) is 0 Å². The summed E-state index contributed by atoms with van der Waals surface area (Å²) in [6, 6.07) is 7.84. The van der Waals surface area contributed by atoms with Gasteiger partial charge in [-0.25, -0.2) is 8.78 Å². The van der Waals surface area contributed by atoms with Gasteiger partial charge in [0.15, 0.2) is 0 Å². The van der Waals surface area contributed by atoms with Gasteiger partial charge >= 0.3 is 0 Å². The van der Waals surface area contributed by atoms with Gasteiger partial charge in [0.1, 0.15) is 17.7 Å². The Morgan fingerprint density at radius 1 is 1.06 bits per heavy atom. The summed E-state index contributed by atoms with van der Waals surface area (Å²) in [5, 5.41) is 10.2. The third-order valence-electron chi connectivity index (χ3n) is 2.51. The van der Waals surface area contributed by atoms with Crippen LogP contribution in [0, 0.1) is 11.6 Å². The molecule has 0 amide bonds. The van der Waals surface area contributed by atoms with Crippen molar-refractivity contribution >= 4 is 27.5 Å². The molecule has 1 unspecified atom stereocenters. The average Bonchev–Trinajstić information content (AvgIpc) is 2.31. The molecular formula is C13H8BrClF2O. The summed E-state index contributed by atoms with van der Waals surface area (Å²) in [5.41, 5.74) is 0.184. The molecule has 0 aliphatic carbocycles. The molecule has 1 N–H and O–H groups in total. The highest BCUT2D eigenvalue weighted by Crippen LogP contribution is 2.31. The highest BCUT2D eigenvalue weighted by Gasteiger charge is 2.18. The predicted molar refractivity (Wildman–Crippen MR) is 69.6 cm³/mol. The molecule has 94 valence electrons. The second-order valence-electron chi connectivity index (χ2n) is 3.73. The normalized spacial score (nSPS) is 12.5. The summed E-state index contributed by atoms with van der Waals surface area (Å²) in [7, 11) is 0. The number of hydrogen-bond donors (Lipinski definition) is 1. The van der Waals surface area contributed by atoms with Crippen molar-refractivity contribution in [1.29, 1.82) is 0 Å². The Kier molecular flexibility index (Phi) is 4.00. The Morgan fingerprint density at radius 2 is 1.78 bits per heavy atom. The van der Waals surface area contributed by atoms with E-state index < -0.39 is 17.7 Å². The molecule has 2 aromatic carbocycles. The molecule has 0 bridgehead atoms. The summed E-state index contributed by atoms with van der Waals surface area (Å²) in [5.74, 6) is -1.12. The zero-order chi connectivity index (χ0) is 13.3. The van der Waals surface area contributed by atoms with Crippen LogP contribution in [0.25, 0.3) is 0 Å². The molecule has 2 rings (SSSR count). The Bertz CT molecular complexity index is 589. The molecule has 0 aliphatic rings. The van der Waals surface area contributed by atoms with Crippen LogP contribution in [0.15, 0.2) is 40.9 Å². The van der Waals surface area contributed by atoms with E-state index in [4.69, 9.17) is 11.6 Å². The third kappa shape index (κ3) is 2.71. The van der Waals surface area contributed by atoms with Gasteiger partial charge < -0.3 is 5.11 Å². The maximum absolute atomic E-state index is 13.7. The Balaban J connectivity index is 2.47. The van der Waals surface area contributed by atoms with Gasteiger partial charge in [0, 0.05) is 20.6 Å². The standard InChI is InChI=1S/C13H8BrClF2O/c14-7-1-3-9(12(17)5-7)13(18)10-6-8(16)2-4-11(10)15/h1-6,13,18H. The lowest BCUT2D eigenvalue weighted by molar-refractivity contribution is 0.214. The molecule has 18 heavy (non-hydrogen) atoms. The maximum atomic E-state index is 13.7. The second-order valence-corrected chi connectivity index (χ2v) is 5.06. The minimum Gasteiger partial charge on any atom is -0.383 e. The smallest absolute Gasteiger partial charge is 0.130 e. The van der Waals surface area contributed by atoms with Crippen molar-refractivity contribution in [2.24, 2.45) is 0 Å². The third-order valence-corrected chi connectivity index (χ3v) is 3.35. The molecule has 0 spiro atoms. The highest BCUT2D eigenvalue weighted by molar-refractivity contribution is 9.10. The van der Waals surface area contributed by atoms with Crippen LogP contribution in [-0.4, -0.2) is 5.11 Å². The molecule has 0 heterocycles. The highest BCUT2D eigenvalue weighted by atomic mass is 79.9. The van der Waals surface area contributed by atoms with Gasteiger partial charge in [-0.3, -0.25) is 0 Å². The number of aliphatic hydroxyl groups is 1. The summed E-state index contributed by atoms with van der Waals surface area (Å²) in [6.45, 7) is 0. The van der Waals surface area contributed by atoms with Crippen molar-refractivity contribution in [1.82, 2.24) is 0 Å². The Labute approximate surface area is 116 Å². The molecule has 0 saturated carbocycles. The van der Waals surface area contributed by atoms with Crippen molar-refractivity contribution in [3.63, 3.8) is 0 Å². The van der Waals surface area contributed by atoms with E-state index in [2.05, 4.69) is 15.9 Å². The van der Waals surface area contributed by atoms with E-state index >= 15 is 0 Å². The van der Waals surface area contributed by atoms with Crippen LogP contribution >= 0.6 is 27.5 Å². The summed E-state index contributed by atoms with van der Waals surface area (Å²) >= 11 is 8.99. The number of halogens is 4. The monoisotopic (exact) mass is 332 g/mol. The molecule has 0 aromatic heterocycles. The minimum atomic E-state index is -1.30. The predicted octanol–water partition coefficient (Wildman–Crippen LogP) is 4.46. The van der Waals surface area contributed by atoms with Crippen molar-refractivity contribution in [3.8, 4) is 0 Å². The largest absolute Gasteiger partial charge is 0.383 e. The van der Waals surface area contributed by atoms with Crippen LogP contribution in [0.3, 0.4) is 0 Å². The fourth-order valence-corrected chi connectivity index (χ4v) is 2.17. The first-order chi connectivity index (χ1) is 8.49. The van der Waals surface area contributed by atoms with Crippen LogP contribution in [0.5, 0.6) is 0 Å². The topological polar surface area (TPSA) is 20.2 Å². The van der Waals surface area contributed by atoms with Gasteiger partial charge in [-0.1, -0.05) is 33.6 Å². The lowest BCUT2D eigenvalue weighted by Crippen LogP contribution is -2.04. The number of benzene rings is 2. The SMILES string of the molecule is OC(c1ccc(Br)cc1F)c1cc(F)ccc1Cl. The van der Waals surface area contributed by atoms with E-state index in [1.54, 1.807) is 6.07 Å². The quantitative estimate of drug-likeness (QED) is 0.860. The minimum absolute atomic E-state index is 0.0469. The average molecular weight is 334 g/mol. The van der Waals surface area contributed by atoms with Crippen LogP contribution in [0.4, 0.5) is 8.78 Å². The van der Waals surface area contributed by atoms with Crippen LogP contribution < -0.4 is 0 Å². The summed E-state index contributed by atoms with van der Waals surface area (Å²) < 4.78 is 27.4. The van der Waals surface area contributed by atoms with E-state index in [1.165, 1.54) is 24.3 Å². The lowest BCUT2D eigenvalue weighted by atomic mass is 10.0. The van der Waals surface area contributed by atoms with E-state index in [-0.39, 0.29) is 16.1 Å². The van der Waals surface area contributed by atoms with E-state index in [0.29, 0.717) is 4.47 Å². The lowest BCUT2D eigenvalue weighted by Gasteiger charge is -2.14. The fraction of sp³-hybridized carbons (Fsp3) is 0.0769. The molecule has 1 atom stereocenters. The van der Waals surface area contributed by atoms with Crippen molar-refractivity contribution in [2.45, 2.75) is 6.10 Å². The van der Waals surface area contributed by atoms with Crippen LogP contribution in [-0.2, 0) is 0 Å². The first-order valence-electron chi connectivity index (χ1n) is 5.07. The van der Waals surface area contributed by atoms with Gasteiger partial charge in [-0.2, -0.15) is 0 Å². The van der Waals surface area contributed by atoms with Gasteiger partial charge in [-0.15, -0.1) is 0 Å². The van der Waals surface area contributed by atoms with Crippen molar-refractivity contribution in [2.75, 3.05) is 0 Å². The fourth-order valence-electron chi connectivity index (χ4n) is 1.61. The van der Waals surface area contributed by atoms with E-state index in [9.17, 15) is 13.9 Å². The van der Waals surface area contributed by atoms with Gasteiger partial charge in [0.05, 0.1) is 0 Å². The summed E-state index contributed by atoms with van der Waals surface area (Å²) in [6.07, 6.45) is -1.30. The van der Waals surface area contributed by atoms with E-state index in [0.717, 1.165) is 6.07 Å². The maximum Gasteiger partial charge on any atom is 0.130 e. The Morgan fingerprint density at radius 3 is 2.44 bits per heavy atom. The molecule has 2 aromatic rings. The van der Waals surface area contributed by atoms with Crippen LogP contribution in [0.1, 0.15) is 17.2 Å². The van der Waals surface area contributed by atoms with Gasteiger partial charge in [-0.05, 0) is 30.3 Å². The molecule has 0 fully saturated rings. The molecule has 0 saturated heterocycles. The van der Waals surface area contributed by atoms with Gasteiger partial charge in [0.25, 0.3) is 0 Å². The second kappa shape index (κ2) is 5.34. The Hall–Kier alpha value is -0.970. The first-order valence-corrected chi connectivity index (χ1v) is 6.24. The van der Waals surface area contributed by atoms with Crippen LogP contribution in [0.2, 0.25) is 5.02 Å². The number of hydrogen-bond acceptors (Lipinski definition) is 1. The van der Waals surface area contributed by atoms with Crippen molar-refractivity contribution in [3.05, 3.63) is 68.7 Å². The molecule has 1 nitrogen and oxygen atoms in total.